The molecule has 2 N–H and O–H groups in total. The van der Waals surface area contributed by atoms with Gasteiger partial charge in [0.1, 0.15) is 6.54 Å². The SMILES string of the molecule is CCCCCCCCCCCCCCCCC1=NCC[N+]1(O)CC(=O)O. The highest BCUT2D eigenvalue weighted by molar-refractivity contribution is 5.79. The molecule has 0 aromatic heterocycles. The lowest BCUT2D eigenvalue weighted by atomic mass is 10.0. The van der Waals surface area contributed by atoms with Crippen molar-refractivity contribution >= 4 is 11.8 Å². The highest BCUT2D eigenvalue weighted by atomic mass is 16.6. The summed E-state index contributed by atoms with van der Waals surface area (Å²) in [7, 11) is 0. The third kappa shape index (κ3) is 10.3. The molecule has 0 amide bonds. The molecule has 0 aromatic rings. The molecule has 0 aromatic carbocycles. The first-order chi connectivity index (χ1) is 12.6. The molecule has 0 radical (unpaired) electrons. The standard InChI is InChI=1S/C21H40N2O3/c1-2-3-4-5-6-7-8-9-10-11-12-13-14-15-16-20-22-17-18-23(20,26)19-21(24)25/h26H,2-19H2,1H3/p+1. The second-order valence-corrected chi connectivity index (χ2v) is 7.84. The molecule has 26 heavy (non-hydrogen) atoms. The Kier molecular flexibility index (Phi) is 12.6. The maximum Gasteiger partial charge on any atom is 0.362 e. The second-order valence-electron chi connectivity index (χ2n) is 7.84. The van der Waals surface area contributed by atoms with Crippen LogP contribution in [0.3, 0.4) is 0 Å². The lowest BCUT2D eigenvalue weighted by Crippen LogP contribution is -2.50. The van der Waals surface area contributed by atoms with Crippen LogP contribution in [0.1, 0.15) is 103 Å². The molecular formula is C21H41N2O3+. The maximum atomic E-state index is 10.9. The number of aliphatic imine (C=N–C) groups is 1. The summed E-state index contributed by atoms with van der Waals surface area (Å²) in [5, 5.41) is 19.3. The van der Waals surface area contributed by atoms with Gasteiger partial charge in [0.15, 0.2) is 0 Å². The molecule has 1 unspecified atom stereocenters. The smallest absolute Gasteiger partial charge is 0.362 e. The number of hydrogen-bond acceptors (Lipinski definition) is 3. The first-order valence-corrected chi connectivity index (χ1v) is 10.9. The molecule has 0 spiro atoms. The van der Waals surface area contributed by atoms with Crippen LogP contribution in [-0.2, 0) is 4.79 Å². The van der Waals surface area contributed by atoms with Crippen LogP contribution >= 0.6 is 0 Å². The number of carboxylic acid groups (broad SMARTS) is 1. The molecule has 5 heteroatoms. The third-order valence-corrected chi connectivity index (χ3v) is 5.40. The number of aliphatic carboxylic acids is 1. The lowest BCUT2D eigenvalue weighted by Gasteiger charge is -2.23. The minimum atomic E-state index is -0.969. The molecule has 5 nitrogen and oxygen atoms in total. The number of unbranched alkanes of at least 4 members (excludes halogenated alkanes) is 13. The molecule has 0 aliphatic carbocycles. The van der Waals surface area contributed by atoms with Crippen molar-refractivity contribution in [2.24, 2.45) is 4.99 Å². The van der Waals surface area contributed by atoms with Crippen LogP contribution in [0.5, 0.6) is 0 Å². The lowest BCUT2D eigenvalue weighted by molar-refractivity contribution is -1.02. The minimum absolute atomic E-state index is 0.266. The van der Waals surface area contributed by atoms with Gasteiger partial charge in [0.05, 0.1) is 6.54 Å². The molecule has 0 saturated heterocycles. The first-order valence-electron chi connectivity index (χ1n) is 10.9. The molecule has 0 bridgehead atoms. The topological polar surface area (TPSA) is 69.9 Å². The van der Waals surface area contributed by atoms with Gasteiger partial charge in [0, 0.05) is 6.42 Å². The normalized spacial score (nSPS) is 19.7. The van der Waals surface area contributed by atoms with Gasteiger partial charge in [-0.15, -0.1) is 4.65 Å². The highest BCUT2D eigenvalue weighted by Gasteiger charge is 2.39. The average Bonchev–Trinajstić information content (AvgIpc) is 2.94. The molecular weight excluding hydrogens is 328 g/mol. The van der Waals surface area contributed by atoms with Gasteiger partial charge in [-0.3, -0.25) is 0 Å². The zero-order valence-corrected chi connectivity index (χ0v) is 16.9. The summed E-state index contributed by atoms with van der Waals surface area (Å²) >= 11 is 0. The molecule has 1 aliphatic rings. The summed E-state index contributed by atoms with van der Waals surface area (Å²) < 4.78 is -0.478. The van der Waals surface area contributed by atoms with Crippen LogP contribution in [0.2, 0.25) is 0 Å². The van der Waals surface area contributed by atoms with E-state index in [2.05, 4.69) is 11.9 Å². The van der Waals surface area contributed by atoms with Crippen LogP contribution in [0.4, 0.5) is 0 Å². The van der Waals surface area contributed by atoms with E-state index in [0.29, 0.717) is 18.9 Å². The van der Waals surface area contributed by atoms with Gasteiger partial charge in [0.25, 0.3) is 0 Å². The van der Waals surface area contributed by atoms with Crippen molar-refractivity contribution in [3.63, 3.8) is 0 Å². The largest absolute Gasteiger partial charge is 0.477 e. The van der Waals surface area contributed by atoms with Crippen LogP contribution in [0.15, 0.2) is 4.99 Å². The van der Waals surface area contributed by atoms with E-state index in [0.717, 1.165) is 19.3 Å². The van der Waals surface area contributed by atoms with Crippen molar-refractivity contribution < 1.29 is 19.8 Å². The summed E-state index contributed by atoms with van der Waals surface area (Å²) in [5.41, 5.74) is 0. The zero-order chi connectivity index (χ0) is 19.1. The molecule has 1 atom stereocenters. The predicted octanol–water partition coefficient (Wildman–Crippen LogP) is 5.56. The quantitative estimate of drug-likeness (QED) is 0.260. The van der Waals surface area contributed by atoms with Crippen LogP contribution in [-0.4, -0.2) is 46.4 Å². The van der Waals surface area contributed by atoms with Crippen molar-refractivity contribution in [2.75, 3.05) is 19.6 Å². The second kappa shape index (κ2) is 14.2. The summed E-state index contributed by atoms with van der Waals surface area (Å²) in [5.74, 6) is -0.311. The first kappa shape index (κ1) is 23.1. The Balaban J connectivity index is 1.90. The number of carboxylic acids is 1. The van der Waals surface area contributed by atoms with Crippen molar-refractivity contribution in [2.45, 2.75) is 103 Å². The van der Waals surface area contributed by atoms with Crippen molar-refractivity contribution in [1.82, 2.24) is 0 Å². The van der Waals surface area contributed by atoms with E-state index < -0.39 is 10.6 Å². The molecule has 1 rings (SSSR count). The Morgan fingerprint density at radius 2 is 1.35 bits per heavy atom. The number of amidine groups is 1. The number of nitrogens with zero attached hydrogens (tertiary/aromatic N) is 2. The van der Waals surface area contributed by atoms with Gasteiger partial charge < -0.3 is 5.11 Å². The van der Waals surface area contributed by atoms with E-state index in [1.807, 2.05) is 0 Å². The van der Waals surface area contributed by atoms with Crippen molar-refractivity contribution in [1.29, 1.82) is 0 Å². The van der Waals surface area contributed by atoms with Crippen molar-refractivity contribution in [3.8, 4) is 0 Å². The monoisotopic (exact) mass is 369 g/mol. The summed E-state index contributed by atoms with van der Waals surface area (Å²) in [6.45, 7) is 2.94. The van der Waals surface area contributed by atoms with Crippen molar-refractivity contribution in [3.05, 3.63) is 0 Å². The highest BCUT2D eigenvalue weighted by Crippen LogP contribution is 2.18. The van der Waals surface area contributed by atoms with Crippen LogP contribution < -0.4 is 0 Å². The Bertz CT molecular complexity index is 412. The van der Waals surface area contributed by atoms with E-state index in [1.54, 1.807) is 0 Å². The van der Waals surface area contributed by atoms with Gasteiger partial charge in [0.2, 0.25) is 12.4 Å². The molecule has 1 heterocycles. The number of hydrogen-bond donors (Lipinski definition) is 2. The summed E-state index contributed by atoms with van der Waals surface area (Å²) in [6.07, 6.45) is 19.2. The summed E-state index contributed by atoms with van der Waals surface area (Å²) in [4.78, 5) is 15.2. The van der Waals surface area contributed by atoms with Gasteiger partial charge >= 0.3 is 5.97 Å². The Labute approximate surface area is 160 Å². The van der Waals surface area contributed by atoms with E-state index >= 15 is 0 Å². The Hall–Kier alpha value is -0.940. The molecule has 0 fully saturated rings. The van der Waals surface area contributed by atoms with Gasteiger partial charge in [-0.1, -0.05) is 90.4 Å². The Morgan fingerprint density at radius 1 is 0.885 bits per heavy atom. The fourth-order valence-corrected chi connectivity index (χ4v) is 3.76. The van der Waals surface area contributed by atoms with E-state index in [1.165, 1.54) is 77.0 Å². The van der Waals surface area contributed by atoms with Gasteiger partial charge in [-0.2, -0.15) is 0 Å². The fraction of sp³-hybridized carbons (Fsp3) is 0.905. The molecule has 1 aliphatic heterocycles. The van der Waals surface area contributed by atoms with Crippen LogP contribution in [0, 0.1) is 0 Å². The minimum Gasteiger partial charge on any atom is -0.477 e. The van der Waals surface area contributed by atoms with E-state index in [-0.39, 0.29) is 6.54 Å². The molecule has 152 valence electrons. The molecule has 0 saturated carbocycles. The third-order valence-electron chi connectivity index (χ3n) is 5.40. The van der Waals surface area contributed by atoms with Crippen LogP contribution in [0.25, 0.3) is 0 Å². The number of hydroxylamine groups is 3. The van der Waals surface area contributed by atoms with E-state index in [4.69, 9.17) is 5.11 Å². The fourth-order valence-electron chi connectivity index (χ4n) is 3.76. The maximum absolute atomic E-state index is 10.9. The summed E-state index contributed by atoms with van der Waals surface area (Å²) in [6, 6.07) is 0. The predicted molar refractivity (Wildman–Crippen MR) is 107 cm³/mol. The van der Waals surface area contributed by atoms with E-state index in [9.17, 15) is 10.0 Å². The average molecular weight is 370 g/mol. The zero-order valence-electron chi connectivity index (χ0n) is 16.9. The van der Waals surface area contributed by atoms with Gasteiger partial charge in [-0.25, -0.2) is 15.0 Å². The Morgan fingerprint density at radius 3 is 1.81 bits per heavy atom. The number of rotatable bonds is 17. The number of carbonyl (C=O) groups is 1. The van der Waals surface area contributed by atoms with Gasteiger partial charge in [-0.05, 0) is 6.42 Å². The number of quaternary nitrogens is 1.